The molecule has 0 heterocycles. The largest absolute Gasteiger partial charge is 0.479 e. The highest BCUT2D eigenvalue weighted by molar-refractivity contribution is 5.87. The van der Waals surface area contributed by atoms with E-state index in [4.69, 9.17) is 10.2 Å². The van der Waals surface area contributed by atoms with Crippen molar-refractivity contribution < 1.29 is 24.2 Å². The van der Waals surface area contributed by atoms with Gasteiger partial charge in [0.25, 0.3) is 0 Å². The molecular weight excluding hydrogens is 179 g/mol. The summed E-state index contributed by atoms with van der Waals surface area (Å²) < 4.78 is 12.2. The summed E-state index contributed by atoms with van der Waals surface area (Å²) in [5.74, 6) is -3.01. The molecule has 0 aromatic heterocycles. The van der Waals surface area contributed by atoms with E-state index in [0.717, 1.165) is 6.92 Å². The van der Waals surface area contributed by atoms with Crippen LogP contribution in [0, 0.1) is 0 Å². The molecule has 0 aromatic rings. The second-order valence-electron chi connectivity index (χ2n) is 1.89. The lowest BCUT2D eigenvalue weighted by Crippen LogP contribution is -2.13. The van der Waals surface area contributed by atoms with Crippen LogP contribution < -0.4 is 0 Å². The van der Waals surface area contributed by atoms with Crippen LogP contribution in [0.2, 0.25) is 0 Å². The lowest BCUT2D eigenvalue weighted by molar-refractivity contribution is -0.140. The highest BCUT2D eigenvalue weighted by Crippen LogP contribution is 1.99. The Morgan fingerprint density at radius 2 is 1.83 bits per heavy atom. The zero-order chi connectivity index (χ0) is 9.02. The van der Waals surface area contributed by atoms with Crippen molar-refractivity contribution in [2.45, 2.75) is 13.1 Å². The number of aliphatic carboxylic acids is 2. The van der Waals surface area contributed by atoms with Crippen molar-refractivity contribution in [3.8, 4) is 0 Å². The van der Waals surface area contributed by atoms with Crippen LogP contribution in [0.4, 0.5) is 4.39 Å². The van der Waals surface area contributed by atoms with Crippen molar-refractivity contribution >= 4 is 35.0 Å². The molecule has 0 aliphatic heterocycles. The Hall–Kier alpha value is -0.624. The molecule has 66 valence electrons. The van der Waals surface area contributed by atoms with Crippen molar-refractivity contribution in [2.75, 3.05) is 0 Å². The van der Waals surface area contributed by atoms with Crippen LogP contribution in [0.5, 0.6) is 0 Å². The Balaban J connectivity index is 0. The smallest absolute Gasteiger partial charge is 0.342 e. The predicted molar refractivity (Wildman–Crippen MR) is 42.5 cm³/mol. The Bertz CT molecular complexity index is 214. The molecule has 1 unspecified atom stereocenters. The van der Waals surface area contributed by atoms with Crippen molar-refractivity contribution in [1.82, 2.24) is 0 Å². The van der Waals surface area contributed by atoms with Gasteiger partial charge in [-0.05, 0) is 13.0 Å². The maximum absolute atomic E-state index is 12.2. The van der Waals surface area contributed by atoms with Gasteiger partial charge in [-0.25, -0.2) is 14.0 Å². The fourth-order valence-corrected chi connectivity index (χ4v) is 0.362. The molecule has 0 aliphatic rings. The summed E-state index contributed by atoms with van der Waals surface area (Å²) in [6.07, 6.45) is -1.71. The number of hydrogen-bond acceptors (Lipinski definition) is 2. The van der Waals surface area contributed by atoms with Crippen LogP contribution in [0.3, 0.4) is 0 Å². The average molecular weight is 188 g/mol. The van der Waals surface area contributed by atoms with Gasteiger partial charge in [0, 0.05) is 5.57 Å². The van der Waals surface area contributed by atoms with Gasteiger partial charge in [0.15, 0.2) is 0 Å². The Morgan fingerprint density at radius 3 is 2.08 bits per heavy atom. The van der Waals surface area contributed by atoms with Gasteiger partial charge in [-0.2, -0.15) is 0 Å². The maximum Gasteiger partial charge on any atom is 0.342 e. The van der Waals surface area contributed by atoms with E-state index in [0.29, 0.717) is 6.08 Å². The molecule has 0 aliphatic carbocycles. The maximum atomic E-state index is 12.2. The van der Waals surface area contributed by atoms with Crippen LogP contribution in [0.25, 0.3) is 0 Å². The van der Waals surface area contributed by atoms with E-state index in [1.807, 2.05) is 0 Å². The number of halogens is 1. The Kier molecular flexibility index (Phi) is 6.91. The fourth-order valence-electron chi connectivity index (χ4n) is 0.362. The molecule has 0 rings (SSSR count). The third-order valence-electron chi connectivity index (χ3n) is 0.970. The van der Waals surface area contributed by atoms with Crippen molar-refractivity contribution in [3.05, 3.63) is 11.6 Å². The second kappa shape index (κ2) is 5.96. The van der Waals surface area contributed by atoms with E-state index < -0.39 is 18.1 Å². The normalized spacial score (nSPS) is 13.0. The first-order valence-corrected chi connectivity index (χ1v) is 2.73. The monoisotopic (exact) mass is 188 g/mol. The third-order valence-corrected chi connectivity index (χ3v) is 0.970. The van der Waals surface area contributed by atoms with Gasteiger partial charge in [-0.1, -0.05) is 0 Å². The molecule has 0 fully saturated rings. The number of carboxylic acids is 2. The summed E-state index contributed by atoms with van der Waals surface area (Å²) >= 11 is 0. The topological polar surface area (TPSA) is 74.6 Å². The van der Waals surface area contributed by atoms with Gasteiger partial charge in [-0.3, -0.25) is 0 Å². The molecule has 0 bridgehead atoms. The summed E-state index contributed by atoms with van der Waals surface area (Å²) in [4.78, 5) is 19.9. The zero-order valence-electron chi connectivity index (χ0n) is 5.74. The van der Waals surface area contributed by atoms with E-state index >= 15 is 0 Å². The molecular formula is C6H9FMgO4. The number of carbonyl (C=O) groups is 2. The van der Waals surface area contributed by atoms with Gasteiger partial charge >= 0.3 is 35.0 Å². The lowest BCUT2D eigenvalue weighted by Gasteiger charge is -1.95. The van der Waals surface area contributed by atoms with Crippen LogP contribution in [-0.2, 0) is 9.59 Å². The number of rotatable bonds is 3. The molecule has 1 atom stereocenters. The lowest BCUT2D eigenvalue weighted by atomic mass is 10.2. The molecule has 0 aromatic carbocycles. The fraction of sp³-hybridized carbons (Fsp3) is 0.333. The second-order valence-corrected chi connectivity index (χ2v) is 1.89. The molecule has 0 amide bonds. The molecule has 0 saturated carbocycles. The van der Waals surface area contributed by atoms with E-state index in [1.165, 1.54) is 0 Å². The van der Waals surface area contributed by atoms with Crippen LogP contribution >= 0.6 is 0 Å². The predicted octanol–water partition coefficient (Wildman–Crippen LogP) is -0.476. The van der Waals surface area contributed by atoms with Crippen LogP contribution in [0.1, 0.15) is 6.92 Å². The number of alkyl halides is 1. The Morgan fingerprint density at radius 1 is 1.42 bits per heavy atom. The highest BCUT2D eigenvalue weighted by Gasteiger charge is 2.13. The number of hydrogen-bond donors (Lipinski definition) is 2. The first-order chi connectivity index (χ1) is 4.95. The minimum Gasteiger partial charge on any atom is -0.479 e. The summed E-state index contributed by atoms with van der Waals surface area (Å²) in [6, 6.07) is 0. The third kappa shape index (κ3) is 5.08. The van der Waals surface area contributed by atoms with Crippen LogP contribution in [0.15, 0.2) is 11.6 Å². The van der Waals surface area contributed by atoms with Gasteiger partial charge in [0.05, 0.1) is 0 Å². The molecule has 0 radical (unpaired) electrons. The summed E-state index contributed by atoms with van der Waals surface area (Å²) in [6.45, 7) is 1.12. The molecule has 6 heteroatoms. The van der Waals surface area contributed by atoms with Gasteiger partial charge < -0.3 is 10.2 Å². The zero-order valence-corrected chi connectivity index (χ0v) is 5.74. The van der Waals surface area contributed by atoms with Crippen molar-refractivity contribution in [3.63, 3.8) is 0 Å². The molecule has 12 heavy (non-hydrogen) atoms. The molecule has 0 spiro atoms. The highest BCUT2D eigenvalue weighted by atomic mass is 24.3. The summed E-state index contributed by atoms with van der Waals surface area (Å²) in [7, 11) is 0. The molecule has 2 N–H and O–H groups in total. The minimum absolute atomic E-state index is 0. The van der Waals surface area contributed by atoms with E-state index in [-0.39, 0.29) is 28.6 Å². The van der Waals surface area contributed by atoms with Crippen LogP contribution in [-0.4, -0.2) is 51.4 Å². The SMILES string of the molecule is CC(=CC(F)C(=O)O)C(=O)O.[MgH2]. The summed E-state index contributed by atoms with van der Waals surface area (Å²) in [5.41, 5.74) is -0.320. The first-order valence-electron chi connectivity index (χ1n) is 2.73. The molecule has 0 saturated heterocycles. The van der Waals surface area contributed by atoms with E-state index in [2.05, 4.69) is 0 Å². The number of carboxylic acid groups (broad SMARTS) is 2. The van der Waals surface area contributed by atoms with Gasteiger partial charge in [0.1, 0.15) is 0 Å². The van der Waals surface area contributed by atoms with Gasteiger partial charge in [0.2, 0.25) is 6.17 Å². The van der Waals surface area contributed by atoms with Gasteiger partial charge in [-0.15, -0.1) is 0 Å². The van der Waals surface area contributed by atoms with E-state index in [1.54, 1.807) is 0 Å². The summed E-state index contributed by atoms with van der Waals surface area (Å²) in [5, 5.41) is 16.2. The first kappa shape index (κ1) is 13.9. The van der Waals surface area contributed by atoms with E-state index in [9.17, 15) is 14.0 Å². The molecule has 4 nitrogen and oxygen atoms in total. The quantitative estimate of drug-likeness (QED) is 0.464. The van der Waals surface area contributed by atoms with Crippen molar-refractivity contribution in [2.24, 2.45) is 0 Å². The average Bonchev–Trinajstić information content (AvgIpc) is 1.87. The van der Waals surface area contributed by atoms with Crippen molar-refractivity contribution in [1.29, 1.82) is 0 Å². The minimum atomic E-state index is -2.24. The standard InChI is InChI=1S/C6H7FO4.Mg.2H/c1-3(5(8)9)2-4(7)6(10)11;;;/h2,4H,1H3,(H,8,9)(H,10,11);;;. The Labute approximate surface area is 84.2 Å².